The van der Waals surface area contributed by atoms with Crippen LogP contribution in [0.15, 0.2) is 48.5 Å². The van der Waals surface area contributed by atoms with E-state index in [2.05, 4.69) is 22.3 Å². The Hall–Kier alpha value is -2.73. The van der Waals surface area contributed by atoms with Crippen molar-refractivity contribution < 1.29 is 14.3 Å². The van der Waals surface area contributed by atoms with Gasteiger partial charge in [-0.15, -0.1) is 0 Å². The minimum Gasteiger partial charge on any atom is -0.497 e. The summed E-state index contributed by atoms with van der Waals surface area (Å²) in [6.07, 6.45) is 0.849. The Morgan fingerprint density at radius 1 is 1.00 bits per heavy atom. The third-order valence-corrected chi connectivity index (χ3v) is 5.07. The van der Waals surface area contributed by atoms with Crippen LogP contribution in [0.2, 0.25) is 0 Å². The van der Waals surface area contributed by atoms with E-state index in [1.807, 2.05) is 41.3 Å². The van der Waals surface area contributed by atoms with Gasteiger partial charge in [-0.1, -0.05) is 30.3 Å². The third-order valence-electron chi connectivity index (χ3n) is 5.07. The molecule has 1 fully saturated rings. The molecule has 0 atom stereocenters. The van der Waals surface area contributed by atoms with Crippen LogP contribution in [-0.2, 0) is 13.0 Å². The van der Waals surface area contributed by atoms with E-state index in [4.69, 9.17) is 9.47 Å². The van der Waals surface area contributed by atoms with Crippen molar-refractivity contribution in [2.24, 2.45) is 0 Å². The van der Waals surface area contributed by atoms with Crippen molar-refractivity contribution in [3.8, 4) is 11.5 Å². The summed E-state index contributed by atoms with van der Waals surface area (Å²) in [5, 5.41) is 3.03. The molecule has 1 saturated heterocycles. The second-order valence-electron chi connectivity index (χ2n) is 6.91. The number of nitrogens with zero attached hydrogens (tertiary/aromatic N) is 2. The van der Waals surface area contributed by atoms with Gasteiger partial charge >= 0.3 is 6.03 Å². The van der Waals surface area contributed by atoms with Crippen molar-refractivity contribution in [3.63, 3.8) is 0 Å². The molecule has 3 rings (SSSR count). The first kappa shape index (κ1) is 20.0. The van der Waals surface area contributed by atoms with Crippen molar-refractivity contribution in [1.29, 1.82) is 0 Å². The zero-order valence-electron chi connectivity index (χ0n) is 16.7. The van der Waals surface area contributed by atoms with Gasteiger partial charge in [0, 0.05) is 44.8 Å². The van der Waals surface area contributed by atoms with Crippen LogP contribution in [0.1, 0.15) is 11.1 Å². The first-order valence-electron chi connectivity index (χ1n) is 9.69. The van der Waals surface area contributed by atoms with Gasteiger partial charge in [-0.2, -0.15) is 0 Å². The Kier molecular flexibility index (Phi) is 7.14. The molecule has 1 aliphatic heterocycles. The van der Waals surface area contributed by atoms with E-state index in [0.717, 1.165) is 56.2 Å². The lowest BCUT2D eigenvalue weighted by Gasteiger charge is -2.35. The fraction of sp³-hybridized carbons (Fsp3) is 0.409. The molecule has 0 unspecified atom stereocenters. The maximum absolute atomic E-state index is 12.4. The van der Waals surface area contributed by atoms with Gasteiger partial charge in [-0.25, -0.2) is 4.79 Å². The molecule has 0 aromatic heterocycles. The van der Waals surface area contributed by atoms with E-state index in [0.29, 0.717) is 6.54 Å². The number of amides is 2. The van der Waals surface area contributed by atoms with Crippen molar-refractivity contribution in [3.05, 3.63) is 59.7 Å². The number of rotatable bonds is 7. The average Bonchev–Trinajstić information content (AvgIpc) is 2.75. The van der Waals surface area contributed by atoms with Crippen LogP contribution in [-0.4, -0.2) is 62.8 Å². The molecule has 1 heterocycles. The van der Waals surface area contributed by atoms with Crippen LogP contribution < -0.4 is 14.8 Å². The van der Waals surface area contributed by atoms with Gasteiger partial charge in [0.1, 0.15) is 11.5 Å². The Balaban J connectivity index is 1.44. The molecule has 0 aliphatic carbocycles. The summed E-state index contributed by atoms with van der Waals surface area (Å²) in [4.78, 5) is 16.6. The van der Waals surface area contributed by atoms with Gasteiger partial charge in [0.15, 0.2) is 0 Å². The van der Waals surface area contributed by atoms with Crippen molar-refractivity contribution in [1.82, 2.24) is 15.1 Å². The second-order valence-corrected chi connectivity index (χ2v) is 6.91. The standard InChI is InChI=1S/C22H29N3O3/c1-27-20-8-9-21(28-2)19(16-20)17-24-12-14-25(15-13-24)22(26)23-11-10-18-6-4-3-5-7-18/h3-9,16H,10-15,17H2,1-2H3,(H,23,26). The van der Waals surface area contributed by atoms with Gasteiger partial charge in [0.25, 0.3) is 0 Å². The smallest absolute Gasteiger partial charge is 0.317 e. The van der Waals surface area contributed by atoms with Crippen LogP contribution >= 0.6 is 0 Å². The minimum absolute atomic E-state index is 0.0227. The van der Waals surface area contributed by atoms with Crippen LogP contribution in [0.5, 0.6) is 11.5 Å². The number of urea groups is 1. The number of carbonyl (C=O) groups excluding carboxylic acids is 1. The summed E-state index contributed by atoms with van der Waals surface area (Å²) in [6.45, 7) is 4.57. The van der Waals surface area contributed by atoms with E-state index >= 15 is 0 Å². The average molecular weight is 383 g/mol. The molecule has 6 heteroatoms. The molecule has 0 radical (unpaired) electrons. The summed E-state index contributed by atoms with van der Waals surface area (Å²) >= 11 is 0. The monoisotopic (exact) mass is 383 g/mol. The first-order chi connectivity index (χ1) is 13.7. The van der Waals surface area contributed by atoms with Gasteiger partial charge in [0.2, 0.25) is 0 Å². The Morgan fingerprint density at radius 3 is 2.43 bits per heavy atom. The molecule has 0 bridgehead atoms. The van der Waals surface area contributed by atoms with E-state index < -0.39 is 0 Å². The van der Waals surface area contributed by atoms with Crippen LogP contribution in [0.25, 0.3) is 0 Å². The molecular weight excluding hydrogens is 354 g/mol. The third kappa shape index (κ3) is 5.39. The molecule has 2 aromatic carbocycles. The van der Waals surface area contributed by atoms with E-state index in [-0.39, 0.29) is 6.03 Å². The molecule has 6 nitrogen and oxygen atoms in total. The summed E-state index contributed by atoms with van der Waals surface area (Å²) in [6, 6.07) is 16.1. The fourth-order valence-corrected chi connectivity index (χ4v) is 3.43. The van der Waals surface area contributed by atoms with Gasteiger partial charge in [0.05, 0.1) is 14.2 Å². The predicted molar refractivity (Wildman–Crippen MR) is 110 cm³/mol. The number of methoxy groups -OCH3 is 2. The summed E-state index contributed by atoms with van der Waals surface area (Å²) < 4.78 is 10.8. The molecule has 0 saturated carbocycles. The Morgan fingerprint density at radius 2 is 1.75 bits per heavy atom. The molecule has 1 N–H and O–H groups in total. The molecular formula is C22H29N3O3. The number of hydrogen-bond donors (Lipinski definition) is 1. The highest BCUT2D eigenvalue weighted by Crippen LogP contribution is 2.25. The van der Waals surface area contributed by atoms with Gasteiger partial charge in [-0.3, -0.25) is 4.90 Å². The van der Waals surface area contributed by atoms with Crippen LogP contribution in [0.4, 0.5) is 4.79 Å². The fourth-order valence-electron chi connectivity index (χ4n) is 3.43. The normalized spacial score (nSPS) is 14.6. The summed E-state index contributed by atoms with van der Waals surface area (Å²) in [7, 11) is 3.35. The van der Waals surface area contributed by atoms with Gasteiger partial charge < -0.3 is 19.7 Å². The number of piperazine rings is 1. The molecule has 28 heavy (non-hydrogen) atoms. The summed E-state index contributed by atoms with van der Waals surface area (Å²) in [5.74, 6) is 1.69. The molecule has 2 aromatic rings. The van der Waals surface area contributed by atoms with E-state index in [1.165, 1.54) is 5.56 Å². The lowest BCUT2D eigenvalue weighted by Crippen LogP contribution is -2.51. The molecule has 150 valence electrons. The summed E-state index contributed by atoms with van der Waals surface area (Å²) in [5.41, 5.74) is 2.34. The zero-order valence-corrected chi connectivity index (χ0v) is 16.7. The van der Waals surface area contributed by atoms with E-state index in [1.54, 1.807) is 14.2 Å². The van der Waals surface area contributed by atoms with Crippen LogP contribution in [0.3, 0.4) is 0 Å². The number of benzene rings is 2. The van der Waals surface area contributed by atoms with Crippen molar-refractivity contribution >= 4 is 6.03 Å². The maximum atomic E-state index is 12.4. The molecule has 0 spiro atoms. The lowest BCUT2D eigenvalue weighted by atomic mass is 10.1. The highest BCUT2D eigenvalue weighted by Gasteiger charge is 2.21. The Bertz CT molecular complexity index is 759. The SMILES string of the molecule is COc1ccc(OC)c(CN2CCN(C(=O)NCCc3ccccc3)CC2)c1. The number of nitrogens with one attached hydrogen (secondary N) is 1. The predicted octanol–water partition coefficient (Wildman–Crippen LogP) is 2.77. The maximum Gasteiger partial charge on any atom is 0.317 e. The number of hydrogen-bond acceptors (Lipinski definition) is 4. The lowest BCUT2D eigenvalue weighted by molar-refractivity contribution is 0.134. The second kappa shape index (κ2) is 9.99. The van der Waals surface area contributed by atoms with Crippen LogP contribution in [0, 0.1) is 0 Å². The van der Waals surface area contributed by atoms with Crippen molar-refractivity contribution in [2.75, 3.05) is 46.9 Å². The minimum atomic E-state index is 0.0227. The molecule has 2 amide bonds. The highest BCUT2D eigenvalue weighted by molar-refractivity contribution is 5.74. The number of ether oxygens (including phenoxy) is 2. The first-order valence-corrected chi connectivity index (χ1v) is 9.69. The number of carbonyl (C=O) groups is 1. The highest BCUT2D eigenvalue weighted by atomic mass is 16.5. The quantitative estimate of drug-likeness (QED) is 0.799. The largest absolute Gasteiger partial charge is 0.497 e. The zero-order chi connectivity index (χ0) is 19.8. The Labute approximate surface area is 167 Å². The van der Waals surface area contributed by atoms with Gasteiger partial charge in [-0.05, 0) is 30.2 Å². The van der Waals surface area contributed by atoms with E-state index in [9.17, 15) is 4.79 Å². The molecule has 1 aliphatic rings. The topological polar surface area (TPSA) is 54.0 Å². The van der Waals surface area contributed by atoms with Crippen molar-refractivity contribution in [2.45, 2.75) is 13.0 Å².